The molecule has 2 unspecified atom stereocenters. The summed E-state index contributed by atoms with van der Waals surface area (Å²) in [6, 6.07) is 71.8. The lowest BCUT2D eigenvalue weighted by Gasteiger charge is -2.42. The van der Waals surface area contributed by atoms with Crippen molar-refractivity contribution in [2.75, 3.05) is 19.6 Å². The number of allylic oxidation sites excluding steroid dienone is 2. The predicted molar refractivity (Wildman–Crippen MR) is 254 cm³/mol. The Balaban J connectivity index is 0.950. The summed E-state index contributed by atoms with van der Waals surface area (Å²) in [5, 5.41) is 0. The quantitative estimate of drug-likeness (QED) is 0.166. The third kappa shape index (κ3) is 6.05. The van der Waals surface area contributed by atoms with Crippen molar-refractivity contribution in [1.82, 2.24) is 0 Å². The third-order valence-corrected chi connectivity index (χ3v) is 13.0. The molecule has 0 saturated carbocycles. The van der Waals surface area contributed by atoms with Gasteiger partial charge in [0.25, 0.3) is 0 Å². The van der Waals surface area contributed by atoms with Crippen molar-refractivity contribution in [3.63, 3.8) is 0 Å². The van der Waals surface area contributed by atoms with Crippen molar-refractivity contribution in [1.29, 1.82) is 0 Å². The van der Waals surface area contributed by atoms with Crippen LogP contribution in [0.1, 0.15) is 27.8 Å². The van der Waals surface area contributed by atoms with Crippen LogP contribution in [0.3, 0.4) is 0 Å². The molecule has 8 aromatic rings. The van der Waals surface area contributed by atoms with Crippen LogP contribution in [-0.2, 0) is 19.3 Å². The van der Waals surface area contributed by atoms with Gasteiger partial charge in [-0.15, -0.1) is 0 Å². The minimum absolute atomic E-state index is 0.275. The maximum absolute atomic E-state index is 2.53. The van der Waals surface area contributed by atoms with E-state index >= 15 is 0 Å². The van der Waals surface area contributed by atoms with Crippen LogP contribution in [0, 0.1) is 5.92 Å². The van der Waals surface area contributed by atoms with Gasteiger partial charge in [-0.25, -0.2) is 0 Å². The summed E-state index contributed by atoms with van der Waals surface area (Å²) in [5.41, 5.74) is 19.8. The van der Waals surface area contributed by atoms with E-state index in [0.29, 0.717) is 5.92 Å². The van der Waals surface area contributed by atoms with Crippen LogP contribution < -0.4 is 19.6 Å². The van der Waals surface area contributed by atoms with Crippen molar-refractivity contribution >= 4 is 62.6 Å². The van der Waals surface area contributed by atoms with Crippen LogP contribution in [0.4, 0.5) is 62.6 Å². The van der Waals surface area contributed by atoms with E-state index < -0.39 is 0 Å². The summed E-state index contributed by atoms with van der Waals surface area (Å²) in [6.07, 6.45) is 12.1. The predicted octanol–water partition coefficient (Wildman–Crippen LogP) is 14.7. The minimum atomic E-state index is 0.275. The van der Waals surface area contributed by atoms with E-state index in [4.69, 9.17) is 0 Å². The van der Waals surface area contributed by atoms with Crippen LogP contribution in [0.25, 0.3) is 0 Å². The monoisotopic (exact) mass is 784 g/mol. The number of para-hydroxylation sites is 5. The first-order valence-corrected chi connectivity index (χ1v) is 21.5. The van der Waals surface area contributed by atoms with E-state index in [9.17, 15) is 0 Å². The number of nitrogens with zero attached hydrogens (tertiary/aromatic N) is 4. The Hall–Kier alpha value is -7.56. The first-order valence-electron chi connectivity index (χ1n) is 21.5. The van der Waals surface area contributed by atoms with Crippen molar-refractivity contribution in [3.8, 4) is 0 Å². The molecule has 0 radical (unpaired) electrons. The average Bonchev–Trinajstić information content (AvgIpc) is 3.32. The van der Waals surface area contributed by atoms with Gasteiger partial charge in [0.15, 0.2) is 0 Å². The zero-order chi connectivity index (χ0) is 40.3. The molecular formula is C57H44N4. The van der Waals surface area contributed by atoms with Gasteiger partial charge in [0.1, 0.15) is 0 Å². The molecule has 0 saturated heterocycles. The van der Waals surface area contributed by atoms with E-state index in [1.807, 2.05) is 0 Å². The molecule has 2 atom stereocenters. The van der Waals surface area contributed by atoms with Crippen LogP contribution >= 0.6 is 0 Å². The van der Waals surface area contributed by atoms with Gasteiger partial charge in [0, 0.05) is 81.3 Å². The van der Waals surface area contributed by atoms with E-state index in [-0.39, 0.29) is 6.04 Å². The molecule has 0 amide bonds. The molecule has 61 heavy (non-hydrogen) atoms. The molecule has 0 aromatic heterocycles. The van der Waals surface area contributed by atoms with Crippen molar-refractivity contribution < 1.29 is 0 Å². The molecule has 3 heterocycles. The van der Waals surface area contributed by atoms with Gasteiger partial charge in [0.05, 0.1) is 6.04 Å². The van der Waals surface area contributed by atoms with E-state index in [1.165, 1.54) is 61.9 Å². The Morgan fingerprint density at radius 2 is 0.705 bits per heavy atom. The van der Waals surface area contributed by atoms with Gasteiger partial charge in [-0.1, -0.05) is 115 Å². The van der Waals surface area contributed by atoms with Crippen LogP contribution in [0.15, 0.2) is 218 Å². The van der Waals surface area contributed by atoms with E-state index in [2.05, 4.69) is 238 Å². The summed E-state index contributed by atoms with van der Waals surface area (Å²) >= 11 is 0. The first-order chi connectivity index (χ1) is 30.2. The normalized spacial score (nSPS) is 16.8. The summed E-state index contributed by atoms with van der Waals surface area (Å²) in [7, 11) is 0. The molecule has 1 aliphatic carbocycles. The van der Waals surface area contributed by atoms with Crippen molar-refractivity contribution in [2.24, 2.45) is 5.92 Å². The summed E-state index contributed by atoms with van der Waals surface area (Å²) in [5.74, 6) is 0.436. The van der Waals surface area contributed by atoms with E-state index in [1.54, 1.807) is 0 Å². The molecule has 8 aromatic carbocycles. The minimum Gasteiger partial charge on any atom is -0.334 e. The van der Waals surface area contributed by atoms with Gasteiger partial charge in [0.2, 0.25) is 0 Å². The lowest BCUT2D eigenvalue weighted by Crippen LogP contribution is -2.41. The Bertz CT molecular complexity index is 2750. The van der Waals surface area contributed by atoms with Crippen molar-refractivity contribution in [3.05, 3.63) is 246 Å². The van der Waals surface area contributed by atoms with Crippen LogP contribution in [0.5, 0.6) is 0 Å². The number of anilines is 11. The highest BCUT2D eigenvalue weighted by atomic mass is 15.2. The fraction of sp³-hybridized carbons (Fsp3) is 0.0877. The molecule has 0 spiro atoms. The van der Waals surface area contributed by atoms with Gasteiger partial charge in [-0.3, -0.25) is 0 Å². The Labute approximate surface area is 358 Å². The lowest BCUT2D eigenvalue weighted by atomic mass is 9.83. The highest BCUT2D eigenvalue weighted by molar-refractivity contribution is 5.88. The molecule has 0 bridgehead atoms. The number of hydrogen-bond donors (Lipinski definition) is 0. The smallest absolute Gasteiger partial charge is 0.0591 e. The second-order valence-corrected chi connectivity index (χ2v) is 16.6. The molecule has 12 rings (SSSR count). The molecule has 4 heteroatoms. The largest absolute Gasteiger partial charge is 0.334 e. The second kappa shape index (κ2) is 14.6. The highest BCUT2D eigenvalue weighted by Gasteiger charge is 2.33. The third-order valence-electron chi connectivity index (χ3n) is 13.0. The van der Waals surface area contributed by atoms with Gasteiger partial charge < -0.3 is 19.6 Å². The highest BCUT2D eigenvalue weighted by Crippen LogP contribution is 2.48. The Morgan fingerprint density at radius 1 is 0.344 bits per heavy atom. The van der Waals surface area contributed by atoms with Gasteiger partial charge in [-0.05, 0) is 137 Å². The van der Waals surface area contributed by atoms with Crippen LogP contribution in [-0.4, -0.2) is 6.04 Å². The average molecular weight is 785 g/mol. The molecule has 4 nitrogen and oxygen atoms in total. The molecule has 0 fully saturated rings. The first kappa shape index (κ1) is 35.4. The summed E-state index contributed by atoms with van der Waals surface area (Å²) < 4.78 is 0. The molecule has 0 N–H and O–H groups in total. The van der Waals surface area contributed by atoms with Crippen LogP contribution in [0.2, 0.25) is 0 Å². The fourth-order valence-corrected chi connectivity index (χ4v) is 10.2. The topological polar surface area (TPSA) is 13.0 Å². The van der Waals surface area contributed by atoms with Gasteiger partial charge >= 0.3 is 0 Å². The number of rotatable bonds is 6. The lowest BCUT2D eigenvalue weighted by molar-refractivity contribution is 0.533. The molecular weight excluding hydrogens is 741 g/mol. The Morgan fingerprint density at radius 3 is 1.15 bits per heavy atom. The second-order valence-electron chi connectivity index (χ2n) is 16.6. The van der Waals surface area contributed by atoms with E-state index in [0.717, 1.165) is 47.7 Å². The SMILES string of the molecule is C1=CC2Cc3ccccc3N(c3ccc(N(c4ccc(N5c6ccccc6Cc6ccccc65)cc4)c4ccc(N5c6ccccc6Cc6ccccc65)cc4)cc3)C2C=C1. The van der Waals surface area contributed by atoms with Crippen molar-refractivity contribution in [2.45, 2.75) is 25.3 Å². The number of fused-ring (bicyclic) bond motifs is 6. The summed E-state index contributed by atoms with van der Waals surface area (Å²) in [4.78, 5) is 9.76. The number of benzene rings is 8. The van der Waals surface area contributed by atoms with Gasteiger partial charge in [-0.2, -0.15) is 0 Å². The fourth-order valence-electron chi connectivity index (χ4n) is 10.2. The maximum Gasteiger partial charge on any atom is 0.0591 e. The maximum atomic E-state index is 2.53. The zero-order valence-corrected chi connectivity index (χ0v) is 33.8. The molecule has 292 valence electrons. The standard InChI is InChI=1S/C57H44N4/c1-7-19-52-40(13-1)37-41-14-2-8-20-53(41)59(52)49-31-25-46(26-32-49)58(47-27-33-50(34-28-47)60-54-21-9-3-15-42(54)38-43-16-4-10-22-55(43)60)48-29-35-51(36-30-48)61-56-23-11-5-17-44(56)39-45-18-6-12-24-57(45)61/h1-36,40,52H,37-39H2. The Kier molecular flexibility index (Phi) is 8.48. The number of hydrogen-bond acceptors (Lipinski definition) is 4. The summed E-state index contributed by atoms with van der Waals surface area (Å²) in [6.45, 7) is 0. The molecule has 3 aliphatic heterocycles. The molecule has 4 aliphatic rings. The zero-order valence-electron chi connectivity index (χ0n) is 33.8.